The molecule has 0 N–H and O–H groups in total. The highest BCUT2D eigenvalue weighted by atomic mass is 15.5. The van der Waals surface area contributed by atoms with Crippen LogP contribution in [0.25, 0.3) is 0 Å². The van der Waals surface area contributed by atoms with Crippen LogP contribution >= 0.6 is 0 Å². The first kappa shape index (κ1) is 15.0. The molecule has 4 heteroatoms. The van der Waals surface area contributed by atoms with Gasteiger partial charge in [0, 0.05) is 12.1 Å². The van der Waals surface area contributed by atoms with Gasteiger partial charge in [0.15, 0.2) is 0 Å². The van der Waals surface area contributed by atoms with Crippen LogP contribution in [0.5, 0.6) is 0 Å². The second-order valence-corrected chi connectivity index (χ2v) is 7.32. The van der Waals surface area contributed by atoms with Gasteiger partial charge in [-0.15, -0.1) is 0 Å². The number of rotatable bonds is 5. The lowest BCUT2D eigenvalue weighted by Crippen LogP contribution is -2.53. The Morgan fingerprint density at radius 3 is 2.81 bits per heavy atom. The van der Waals surface area contributed by atoms with Gasteiger partial charge in [0.05, 0.1) is 18.3 Å². The number of fused-ring (bicyclic) bond motifs is 1. The first-order valence-electron chi connectivity index (χ1n) is 8.40. The minimum atomic E-state index is 0.570. The molecule has 0 spiro atoms. The highest BCUT2D eigenvalue weighted by molar-refractivity contribution is 5.87. The van der Waals surface area contributed by atoms with Gasteiger partial charge >= 0.3 is 0 Å². The molecule has 0 amide bonds. The Balaban J connectivity index is 1.72. The van der Waals surface area contributed by atoms with Gasteiger partial charge < -0.3 is 4.90 Å². The van der Waals surface area contributed by atoms with Crippen LogP contribution in [0.1, 0.15) is 32.6 Å². The zero-order valence-electron chi connectivity index (χ0n) is 14.0. The lowest BCUT2D eigenvalue weighted by atomic mass is 9.88. The van der Waals surface area contributed by atoms with E-state index in [0.29, 0.717) is 18.1 Å². The molecule has 21 heavy (non-hydrogen) atoms. The summed E-state index contributed by atoms with van der Waals surface area (Å²) >= 11 is 0. The summed E-state index contributed by atoms with van der Waals surface area (Å²) in [5, 5.41) is 7.03. The second kappa shape index (κ2) is 6.09. The molecule has 0 saturated carbocycles. The average Bonchev–Trinajstić information content (AvgIpc) is 2.75. The van der Waals surface area contributed by atoms with Crippen molar-refractivity contribution < 1.29 is 0 Å². The standard InChI is InChI=1S/C17H30N4/c1-13-12-21(18-13)16(9-10-19(2)3)17-11-14-7-5-6-8-15(14)20(17)4/h6,8,14-17H,5,7,9-12H2,1-4H3. The van der Waals surface area contributed by atoms with E-state index < -0.39 is 0 Å². The molecular formula is C17H30N4. The van der Waals surface area contributed by atoms with E-state index in [-0.39, 0.29) is 0 Å². The van der Waals surface area contributed by atoms with Gasteiger partial charge in [-0.2, -0.15) is 5.10 Å². The molecule has 118 valence electrons. The van der Waals surface area contributed by atoms with Gasteiger partial charge in [0.1, 0.15) is 0 Å². The average molecular weight is 290 g/mol. The first-order chi connectivity index (χ1) is 10.1. The molecule has 2 heterocycles. The number of likely N-dealkylation sites (N-methyl/N-ethyl adjacent to an activating group) is 1. The van der Waals surface area contributed by atoms with Crippen LogP contribution in [0.4, 0.5) is 0 Å². The van der Waals surface area contributed by atoms with Crippen LogP contribution in [0, 0.1) is 5.92 Å². The van der Waals surface area contributed by atoms with Crippen LogP contribution in [-0.4, -0.2) is 72.9 Å². The summed E-state index contributed by atoms with van der Waals surface area (Å²) in [6.07, 6.45) is 10.0. The van der Waals surface area contributed by atoms with E-state index in [1.165, 1.54) is 31.4 Å². The molecule has 1 saturated heterocycles. The molecule has 0 aromatic carbocycles. The molecule has 4 nitrogen and oxygen atoms in total. The third-order valence-electron chi connectivity index (χ3n) is 5.45. The summed E-state index contributed by atoms with van der Waals surface area (Å²) in [5.41, 5.74) is 1.28. The molecule has 0 aromatic rings. The van der Waals surface area contributed by atoms with Crippen molar-refractivity contribution in [2.75, 3.05) is 34.2 Å². The summed E-state index contributed by atoms with van der Waals surface area (Å²) in [7, 11) is 6.66. The van der Waals surface area contributed by atoms with Crippen molar-refractivity contribution in [1.82, 2.24) is 14.8 Å². The minimum absolute atomic E-state index is 0.570. The smallest absolute Gasteiger partial charge is 0.0762 e. The Labute approximate surface area is 129 Å². The first-order valence-corrected chi connectivity index (χ1v) is 8.40. The van der Waals surface area contributed by atoms with Crippen molar-refractivity contribution in [3.8, 4) is 0 Å². The monoisotopic (exact) mass is 290 g/mol. The third kappa shape index (κ3) is 3.02. The van der Waals surface area contributed by atoms with Crippen molar-refractivity contribution in [3.63, 3.8) is 0 Å². The van der Waals surface area contributed by atoms with Crippen LogP contribution in [0.2, 0.25) is 0 Å². The molecule has 1 fully saturated rings. The largest absolute Gasteiger partial charge is 0.309 e. The number of hydrogen-bond donors (Lipinski definition) is 0. The summed E-state index contributed by atoms with van der Waals surface area (Å²) in [4.78, 5) is 4.93. The Morgan fingerprint density at radius 2 is 2.19 bits per heavy atom. The summed E-state index contributed by atoms with van der Waals surface area (Å²) in [5.74, 6) is 0.859. The Kier molecular flexibility index (Phi) is 4.36. The highest BCUT2D eigenvalue weighted by Gasteiger charge is 2.44. The number of allylic oxidation sites excluding steroid dienone is 1. The van der Waals surface area contributed by atoms with Gasteiger partial charge in [0.2, 0.25) is 0 Å². The Morgan fingerprint density at radius 1 is 1.43 bits per heavy atom. The number of nitrogens with zero attached hydrogens (tertiary/aromatic N) is 4. The Bertz CT molecular complexity index is 429. The molecule has 4 unspecified atom stereocenters. The molecule has 1 aliphatic carbocycles. The van der Waals surface area contributed by atoms with Crippen LogP contribution in [-0.2, 0) is 0 Å². The summed E-state index contributed by atoms with van der Waals surface area (Å²) in [6, 6.07) is 1.89. The maximum absolute atomic E-state index is 4.68. The predicted octanol–water partition coefficient (Wildman–Crippen LogP) is 2.04. The minimum Gasteiger partial charge on any atom is -0.309 e. The van der Waals surface area contributed by atoms with E-state index in [4.69, 9.17) is 0 Å². The maximum atomic E-state index is 4.68. The van der Waals surface area contributed by atoms with Gasteiger partial charge in [-0.1, -0.05) is 12.2 Å². The molecule has 0 aromatic heterocycles. The molecular weight excluding hydrogens is 260 g/mol. The van der Waals surface area contributed by atoms with Gasteiger partial charge in [-0.25, -0.2) is 0 Å². The van der Waals surface area contributed by atoms with E-state index in [1.54, 1.807) is 0 Å². The number of hydrazone groups is 1. The van der Waals surface area contributed by atoms with Gasteiger partial charge in [0.25, 0.3) is 0 Å². The van der Waals surface area contributed by atoms with E-state index >= 15 is 0 Å². The molecule has 3 aliphatic rings. The fourth-order valence-electron chi connectivity index (χ4n) is 4.29. The lowest BCUT2D eigenvalue weighted by molar-refractivity contribution is 0.0953. The fraction of sp³-hybridized carbons (Fsp3) is 0.824. The van der Waals surface area contributed by atoms with Gasteiger partial charge in [-0.3, -0.25) is 9.91 Å². The van der Waals surface area contributed by atoms with E-state index in [9.17, 15) is 0 Å². The summed E-state index contributed by atoms with van der Waals surface area (Å²) in [6.45, 7) is 4.35. The third-order valence-corrected chi connectivity index (χ3v) is 5.45. The zero-order chi connectivity index (χ0) is 15.0. The topological polar surface area (TPSA) is 22.1 Å². The lowest BCUT2D eigenvalue weighted by Gasteiger charge is -2.42. The predicted molar refractivity (Wildman–Crippen MR) is 88.6 cm³/mol. The second-order valence-electron chi connectivity index (χ2n) is 7.32. The van der Waals surface area contributed by atoms with Crippen molar-refractivity contribution in [2.45, 2.75) is 50.7 Å². The molecule has 0 radical (unpaired) electrons. The Hall–Kier alpha value is -0.870. The zero-order valence-corrected chi connectivity index (χ0v) is 14.0. The van der Waals surface area contributed by atoms with E-state index in [1.807, 2.05) is 0 Å². The molecule has 2 aliphatic heterocycles. The number of hydrogen-bond acceptors (Lipinski definition) is 4. The quantitative estimate of drug-likeness (QED) is 0.723. The van der Waals surface area contributed by atoms with Crippen molar-refractivity contribution >= 4 is 5.71 Å². The molecule has 3 rings (SSSR count). The van der Waals surface area contributed by atoms with Crippen molar-refractivity contribution in [3.05, 3.63) is 12.2 Å². The SMILES string of the molecule is CC1=NN(C(CCN(C)C)C2CC3CCC=CC3N2C)C1. The van der Waals surface area contributed by atoms with Crippen LogP contribution in [0.3, 0.4) is 0 Å². The highest BCUT2D eigenvalue weighted by Crippen LogP contribution is 2.39. The van der Waals surface area contributed by atoms with Crippen LogP contribution < -0.4 is 0 Å². The summed E-state index contributed by atoms with van der Waals surface area (Å²) < 4.78 is 0. The molecule has 4 atom stereocenters. The molecule has 0 bridgehead atoms. The number of likely N-dealkylation sites (tertiary alicyclic amines) is 1. The van der Waals surface area contributed by atoms with Crippen molar-refractivity contribution in [2.24, 2.45) is 11.0 Å². The van der Waals surface area contributed by atoms with Gasteiger partial charge in [-0.05, 0) is 66.2 Å². The maximum Gasteiger partial charge on any atom is 0.0762 e. The van der Waals surface area contributed by atoms with E-state index in [2.05, 4.69) is 60.1 Å². The van der Waals surface area contributed by atoms with Crippen LogP contribution in [0.15, 0.2) is 17.3 Å². The normalized spacial score (nSPS) is 33.9. The van der Waals surface area contributed by atoms with E-state index in [0.717, 1.165) is 19.0 Å². The fourth-order valence-corrected chi connectivity index (χ4v) is 4.29. The van der Waals surface area contributed by atoms with Crippen molar-refractivity contribution in [1.29, 1.82) is 0 Å².